The smallest absolute Gasteiger partial charge is 0.0902 e. The number of aryl methyl sites for hydroxylation is 1. The van der Waals surface area contributed by atoms with E-state index in [1.54, 1.807) is 0 Å². The van der Waals surface area contributed by atoms with Crippen molar-refractivity contribution in [1.82, 2.24) is 0 Å². The van der Waals surface area contributed by atoms with E-state index in [2.05, 4.69) is 38.1 Å². The molecule has 1 aromatic rings. The molecule has 0 saturated carbocycles. The largest absolute Gasteiger partial charge is 0.385 e. The fraction of sp³-hybridized carbons (Fsp3) is 0.667. The first kappa shape index (κ1) is 14.6. The lowest BCUT2D eigenvalue weighted by Crippen LogP contribution is -2.33. The fourth-order valence-electron chi connectivity index (χ4n) is 3.53. The van der Waals surface area contributed by atoms with Gasteiger partial charge in [0.05, 0.1) is 5.60 Å². The van der Waals surface area contributed by atoms with Crippen LogP contribution in [-0.2, 0) is 12.0 Å². The second-order valence-corrected chi connectivity index (χ2v) is 6.16. The molecule has 1 heteroatoms. The summed E-state index contributed by atoms with van der Waals surface area (Å²) >= 11 is 0. The van der Waals surface area contributed by atoms with Crippen molar-refractivity contribution in [1.29, 1.82) is 0 Å². The van der Waals surface area contributed by atoms with Gasteiger partial charge in [-0.25, -0.2) is 0 Å². The summed E-state index contributed by atoms with van der Waals surface area (Å²) in [7, 11) is 0. The molecule has 1 aliphatic carbocycles. The number of unbranched alkanes of at least 4 members (excludes halogenated alkanes) is 1. The van der Waals surface area contributed by atoms with Crippen molar-refractivity contribution < 1.29 is 5.11 Å². The van der Waals surface area contributed by atoms with Crippen LogP contribution < -0.4 is 0 Å². The van der Waals surface area contributed by atoms with Crippen molar-refractivity contribution in [3.63, 3.8) is 0 Å². The van der Waals surface area contributed by atoms with Crippen LogP contribution in [0.25, 0.3) is 0 Å². The predicted octanol–water partition coefficient (Wildman–Crippen LogP) is 4.82. The molecule has 0 fully saturated rings. The van der Waals surface area contributed by atoms with Crippen molar-refractivity contribution in [2.45, 2.75) is 70.8 Å². The van der Waals surface area contributed by atoms with E-state index >= 15 is 0 Å². The van der Waals surface area contributed by atoms with Gasteiger partial charge in [0.15, 0.2) is 0 Å². The van der Waals surface area contributed by atoms with Crippen molar-refractivity contribution in [2.24, 2.45) is 5.92 Å². The molecule has 0 amide bonds. The Morgan fingerprint density at radius 3 is 2.79 bits per heavy atom. The van der Waals surface area contributed by atoms with Crippen LogP contribution in [0.4, 0.5) is 0 Å². The van der Waals surface area contributed by atoms with Gasteiger partial charge in [0.1, 0.15) is 0 Å². The van der Waals surface area contributed by atoms with Gasteiger partial charge >= 0.3 is 0 Å². The van der Waals surface area contributed by atoms with E-state index in [9.17, 15) is 5.11 Å². The van der Waals surface area contributed by atoms with Crippen LogP contribution in [0.1, 0.15) is 69.9 Å². The van der Waals surface area contributed by atoms with Crippen LogP contribution in [-0.4, -0.2) is 5.11 Å². The Kier molecular flexibility index (Phi) is 5.04. The van der Waals surface area contributed by atoms with Crippen LogP contribution in [0.15, 0.2) is 24.3 Å². The van der Waals surface area contributed by atoms with Crippen LogP contribution in [0, 0.1) is 5.92 Å². The van der Waals surface area contributed by atoms with Crippen LogP contribution in [0.5, 0.6) is 0 Å². The van der Waals surface area contributed by atoms with Gasteiger partial charge in [-0.15, -0.1) is 0 Å². The molecule has 0 spiro atoms. The van der Waals surface area contributed by atoms with E-state index in [0.29, 0.717) is 5.92 Å². The van der Waals surface area contributed by atoms with Gasteiger partial charge in [-0.1, -0.05) is 63.8 Å². The quantitative estimate of drug-likeness (QED) is 0.777. The third-order valence-electron chi connectivity index (χ3n) is 4.72. The zero-order valence-electron chi connectivity index (χ0n) is 12.5. The molecule has 2 atom stereocenters. The minimum absolute atomic E-state index is 0.566. The lowest BCUT2D eigenvalue weighted by Gasteiger charge is -2.37. The number of hydrogen-bond donors (Lipinski definition) is 1. The molecule has 0 heterocycles. The van der Waals surface area contributed by atoms with Crippen molar-refractivity contribution in [3.8, 4) is 0 Å². The molecule has 2 unspecified atom stereocenters. The monoisotopic (exact) mass is 260 g/mol. The lowest BCUT2D eigenvalue weighted by atomic mass is 9.73. The molecule has 0 bridgehead atoms. The maximum atomic E-state index is 11.1. The normalized spacial score (nSPS) is 23.9. The molecule has 106 valence electrons. The van der Waals surface area contributed by atoms with E-state index in [0.717, 1.165) is 25.7 Å². The topological polar surface area (TPSA) is 20.2 Å². The van der Waals surface area contributed by atoms with Crippen molar-refractivity contribution >= 4 is 0 Å². The van der Waals surface area contributed by atoms with Gasteiger partial charge in [0.2, 0.25) is 0 Å². The number of rotatable bonds is 6. The summed E-state index contributed by atoms with van der Waals surface area (Å²) in [6.45, 7) is 4.51. The average molecular weight is 260 g/mol. The molecule has 0 aliphatic heterocycles. The first-order valence-electron chi connectivity index (χ1n) is 8.00. The second kappa shape index (κ2) is 6.56. The Morgan fingerprint density at radius 1 is 1.26 bits per heavy atom. The Morgan fingerprint density at radius 2 is 2.05 bits per heavy atom. The summed E-state index contributed by atoms with van der Waals surface area (Å²) in [6, 6.07) is 8.49. The SMILES string of the molecule is CCCCC(CC)CC1(O)CCCc2ccccc21. The lowest BCUT2D eigenvalue weighted by molar-refractivity contribution is -0.00737. The molecular formula is C18H28O. The molecule has 0 radical (unpaired) electrons. The van der Waals surface area contributed by atoms with Gasteiger partial charge in [-0.2, -0.15) is 0 Å². The third-order valence-corrected chi connectivity index (χ3v) is 4.72. The summed E-state index contributed by atoms with van der Waals surface area (Å²) in [4.78, 5) is 0. The van der Waals surface area contributed by atoms with E-state index in [-0.39, 0.29) is 0 Å². The Hall–Kier alpha value is -0.820. The first-order chi connectivity index (χ1) is 9.19. The first-order valence-corrected chi connectivity index (χ1v) is 8.00. The maximum absolute atomic E-state index is 11.1. The number of hydrogen-bond acceptors (Lipinski definition) is 1. The van der Waals surface area contributed by atoms with Crippen molar-refractivity contribution in [2.75, 3.05) is 0 Å². The van der Waals surface area contributed by atoms with E-state index in [4.69, 9.17) is 0 Å². The summed E-state index contributed by atoms with van der Waals surface area (Å²) in [5.74, 6) is 0.663. The molecule has 19 heavy (non-hydrogen) atoms. The molecule has 1 aliphatic rings. The number of benzene rings is 1. The fourth-order valence-corrected chi connectivity index (χ4v) is 3.53. The summed E-state index contributed by atoms with van der Waals surface area (Å²) in [5, 5.41) is 11.1. The molecule has 1 aromatic carbocycles. The summed E-state index contributed by atoms with van der Waals surface area (Å²) in [6.07, 6.45) is 9.12. The van der Waals surface area contributed by atoms with E-state index in [1.165, 1.54) is 36.8 Å². The highest BCUT2D eigenvalue weighted by atomic mass is 16.3. The zero-order chi connectivity index (χ0) is 13.7. The van der Waals surface area contributed by atoms with Gasteiger partial charge < -0.3 is 5.11 Å². The second-order valence-electron chi connectivity index (χ2n) is 6.16. The standard InChI is InChI=1S/C18H28O/c1-3-5-9-15(4-2)14-18(19)13-8-11-16-10-6-7-12-17(16)18/h6-7,10,12,15,19H,3-5,8-9,11,13-14H2,1-2H3. The third kappa shape index (κ3) is 3.39. The predicted molar refractivity (Wildman–Crippen MR) is 81.2 cm³/mol. The van der Waals surface area contributed by atoms with Crippen molar-refractivity contribution in [3.05, 3.63) is 35.4 Å². The maximum Gasteiger partial charge on any atom is 0.0902 e. The summed E-state index contributed by atoms with van der Waals surface area (Å²) < 4.78 is 0. The Bertz CT molecular complexity index is 398. The Labute approximate surface area is 118 Å². The zero-order valence-corrected chi connectivity index (χ0v) is 12.5. The molecule has 1 N–H and O–H groups in total. The molecule has 1 nitrogen and oxygen atoms in total. The van der Waals surface area contributed by atoms with Crippen LogP contribution in [0.3, 0.4) is 0 Å². The van der Waals surface area contributed by atoms with Crippen LogP contribution >= 0.6 is 0 Å². The highest BCUT2D eigenvalue weighted by Gasteiger charge is 2.35. The minimum Gasteiger partial charge on any atom is -0.385 e. The molecule has 0 saturated heterocycles. The highest BCUT2D eigenvalue weighted by molar-refractivity contribution is 5.34. The minimum atomic E-state index is -0.566. The van der Waals surface area contributed by atoms with Gasteiger partial charge in [-0.05, 0) is 42.7 Å². The van der Waals surface area contributed by atoms with Gasteiger partial charge in [0, 0.05) is 0 Å². The van der Waals surface area contributed by atoms with Crippen LogP contribution in [0.2, 0.25) is 0 Å². The molecule has 0 aromatic heterocycles. The average Bonchev–Trinajstić information content (AvgIpc) is 2.44. The van der Waals surface area contributed by atoms with E-state index < -0.39 is 5.60 Å². The summed E-state index contributed by atoms with van der Waals surface area (Å²) in [5.41, 5.74) is 2.00. The number of fused-ring (bicyclic) bond motifs is 1. The number of aliphatic hydroxyl groups is 1. The van der Waals surface area contributed by atoms with E-state index in [1.807, 2.05) is 0 Å². The van der Waals surface area contributed by atoms with Gasteiger partial charge in [-0.3, -0.25) is 0 Å². The molecular weight excluding hydrogens is 232 g/mol. The molecule has 2 rings (SSSR count). The Balaban J connectivity index is 2.14. The van der Waals surface area contributed by atoms with Gasteiger partial charge in [0.25, 0.3) is 0 Å². The highest BCUT2D eigenvalue weighted by Crippen LogP contribution is 2.41.